The molecule has 0 saturated heterocycles. The summed E-state index contributed by atoms with van der Waals surface area (Å²) < 4.78 is 6.34. The van der Waals surface area contributed by atoms with Crippen LogP contribution < -0.4 is 10.1 Å². The molecule has 0 aromatic heterocycles. The number of nitro benzene ring substituents is 1. The molecule has 2 aromatic rings. The number of halogens is 1. The van der Waals surface area contributed by atoms with Crippen LogP contribution in [0.4, 0.5) is 5.69 Å². The quantitative estimate of drug-likeness (QED) is 0.570. The Bertz CT molecular complexity index is 702. The Morgan fingerprint density at radius 2 is 1.83 bits per heavy atom. The van der Waals surface area contributed by atoms with Crippen LogP contribution in [0.5, 0.6) is 5.75 Å². The van der Waals surface area contributed by atoms with E-state index in [1.54, 1.807) is 0 Å². The summed E-state index contributed by atoms with van der Waals surface area (Å²) in [5, 5.41) is 13.5. The van der Waals surface area contributed by atoms with Crippen LogP contribution in [0.15, 0.2) is 53.0 Å². The van der Waals surface area contributed by atoms with Crippen molar-refractivity contribution in [3.63, 3.8) is 0 Å². The zero-order valence-corrected chi connectivity index (χ0v) is 14.7. The van der Waals surface area contributed by atoms with Gasteiger partial charge in [-0.3, -0.25) is 14.9 Å². The zero-order valence-electron chi connectivity index (χ0n) is 13.1. The molecular formula is C17H17BrN2O4. The third-order valence-corrected chi connectivity index (χ3v) is 3.96. The van der Waals surface area contributed by atoms with Crippen molar-refractivity contribution in [1.29, 1.82) is 0 Å². The number of ether oxygens (including phenoxy) is 1. The second-order valence-corrected chi connectivity index (χ2v) is 6.04. The van der Waals surface area contributed by atoms with E-state index in [9.17, 15) is 14.9 Å². The van der Waals surface area contributed by atoms with Crippen molar-refractivity contribution in [1.82, 2.24) is 5.32 Å². The summed E-state index contributed by atoms with van der Waals surface area (Å²) in [5.41, 5.74) is 0.998. The van der Waals surface area contributed by atoms with Gasteiger partial charge < -0.3 is 10.1 Å². The second kappa shape index (κ2) is 8.44. The van der Waals surface area contributed by atoms with E-state index in [0.29, 0.717) is 5.75 Å². The molecule has 0 heterocycles. The van der Waals surface area contributed by atoms with Gasteiger partial charge in [0.15, 0.2) is 6.61 Å². The summed E-state index contributed by atoms with van der Waals surface area (Å²) in [6, 6.07) is 13.3. The molecule has 0 bridgehead atoms. The highest BCUT2D eigenvalue weighted by Gasteiger charge is 2.13. The average molecular weight is 393 g/mol. The first-order valence-electron chi connectivity index (χ1n) is 7.41. The molecule has 7 heteroatoms. The number of hydrogen-bond donors (Lipinski definition) is 1. The van der Waals surface area contributed by atoms with E-state index in [1.165, 1.54) is 24.3 Å². The molecule has 0 radical (unpaired) electrons. The van der Waals surface area contributed by atoms with Crippen molar-refractivity contribution in [2.24, 2.45) is 0 Å². The van der Waals surface area contributed by atoms with E-state index in [0.717, 1.165) is 16.5 Å². The minimum Gasteiger partial charge on any atom is -0.484 e. The Morgan fingerprint density at radius 3 is 2.38 bits per heavy atom. The van der Waals surface area contributed by atoms with Crippen molar-refractivity contribution < 1.29 is 14.5 Å². The molecule has 1 atom stereocenters. The van der Waals surface area contributed by atoms with Crippen LogP contribution in [0.25, 0.3) is 0 Å². The maximum atomic E-state index is 12.0. The number of nitrogens with one attached hydrogen (secondary N) is 1. The highest BCUT2D eigenvalue weighted by Crippen LogP contribution is 2.20. The van der Waals surface area contributed by atoms with Gasteiger partial charge in [-0.25, -0.2) is 0 Å². The Balaban J connectivity index is 1.89. The van der Waals surface area contributed by atoms with Gasteiger partial charge in [0, 0.05) is 16.6 Å². The fraction of sp³-hybridized carbons (Fsp3) is 0.235. The number of carbonyl (C=O) groups is 1. The maximum absolute atomic E-state index is 12.0. The molecule has 2 rings (SSSR count). The van der Waals surface area contributed by atoms with Crippen LogP contribution in [-0.4, -0.2) is 17.4 Å². The zero-order chi connectivity index (χ0) is 17.5. The number of hydrogen-bond acceptors (Lipinski definition) is 4. The first-order valence-corrected chi connectivity index (χ1v) is 8.21. The molecule has 0 aliphatic rings. The first-order chi connectivity index (χ1) is 11.5. The predicted octanol–water partition coefficient (Wildman–Crippen LogP) is 4.00. The number of rotatable bonds is 7. The fourth-order valence-electron chi connectivity index (χ4n) is 2.17. The van der Waals surface area contributed by atoms with Crippen molar-refractivity contribution in [3.05, 3.63) is 68.7 Å². The van der Waals surface area contributed by atoms with Crippen molar-refractivity contribution in [2.75, 3.05) is 6.61 Å². The van der Waals surface area contributed by atoms with Gasteiger partial charge in [-0.2, -0.15) is 0 Å². The molecule has 0 fully saturated rings. The summed E-state index contributed by atoms with van der Waals surface area (Å²) in [4.78, 5) is 22.1. The van der Waals surface area contributed by atoms with E-state index in [4.69, 9.17) is 4.74 Å². The molecule has 1 N–H and O–H groups in total. The van der Waals surface area contributed by atoms with Crippen molar-refractivity contribution in [3.8, 4) is 5.75 Å². The standard InChI is InChI=1S/C17H17BrN2O4/c1-2-16(12-3-5-13(18)6-4-12)19-17(21)11-24-15-9-7-14(8-10-15)20(22)23/h3-10,16H,2,11H2,1H3,(H,19,21). The first kappa shape index (κ1) is 17.9. The van der Waals surface area contributed by atoms with Crippen LogP contribution in [0.1, 0.15) is 24.9 Å². The van der Waals surface area contributed by atoms with E-state index < -0.39 is 4.92 Å². The minimum atomic E-state index is -0.486. The molecule has 0 aliphatic heterocycles. The topological polar surface area (TPSA) is 81.5 Å². The fourth-order valence-corrected chi connectivity index (χ4v) is 2.43. The smallest absolute Gasteiger partial charge is 0.269 e. The van der Waals surface area contributed by atoms with Gasteiger partial charge in [0.2, 0.25) is 0 Å². The summed E-state index contributed by atoms with van der Waals surface area (Å²) >= 11 is 3.38. The predicted molar refractivity (Wildman–Crippen MR) is 93.9 cm³/mol. The lowest BCUT2D eigenvalue weighted by molar-refractivity contribution is -0.384. The van der Waals surface area contributed by atoms with E-state index in [-0.39, 0.29) is 24.2 Å². The van der Waals surface area contributed by atoms with Crippen LogP contribution in [0, 0.1) is 10.1 Å². The largest absolute Gasteiger partial charge is 0.484 e. The molecule has 1 amide bonds. The molecule has 0 spiro atoms. The lowest BCUT2D eigenvalue weighted by atomic mass is 10.0. The third-order valence-electron chi connectivity index (χ3n) is 3.43. The van der Waals surface area contributed by atoms with Crippen LogP contribution in [0.2, 0.25) is 0 Å². The van der Waals surface area contributed by atoms with Gasteiger partial charge in [-0.05, 0) is 36.2 Å². The Kier molecular flexibility index (Phi) is 6.31. The molecule has 24 heavy (non-hydrogen) atoms. The normalized spacial score (nSPS) is 11.6. The van der Waals surface area contributed by atoms with E-state index >= 15 is 0 Å². The third kappa shape index (κ3) is 5.06. The summed E-state index contributed by atoms with van der Waals surface area (Å²) in [6.07, 6.45) is 0.755. The van der Waals surface area contributed by atoms with Gasteiger partial charge in [0.1, 0.15) is 5.75 Å². The molecular weight excluding hydrogens is 376 g/mol. The highest BCUT2D eigenvalue weighted by molar-refractivity contribution is 9.10. The van der Waals surface area contributed by atoms with Crippen molar-refractivity contribution >= 4 is 27.5 Å². The molecule has 0 aliphatic carbocycles. The number of nitrogens with zero attached hydrogens (tertiary/aromatic N) is 1. The number of carbonyl (C=O) groups excluding carboxylic acids is 1. The van der Waals surface area contributed by atoms with Crippen LogP contribution in [0.3, 0.4) is 0 Å². The molecule has 126 valence electrons. The summed E-state index contributed by atoms with van der Waals surface area (Å²) in [7, 11) is 0. The number of nitro groups is 1. The highest BCUT2D eigenvalue weighted by atomic mass is 79.9. The van der Waals surface area contributed by atoms with E-state index in [2.05, 4.69) is 21.2 Å². The lowest BCUT2D eigenvalue weighted by Gasteiger charge is -2.17. The number of non-ortho nitro benzene ring substituents is 1. The number of amides is 1. The van der Waals surface area contributed by atoms with Crippen LogP contribution in [-0.2, 0) is 4.79 Å². The minimum absolute atomic E-state index is 0.0203. The van der Waals surface area contributed by atoms with E-state index in [1.807, 2.05) is 31.2 Å². The number of benzene rings is 2. The van der Waals surface area contributed by atoms with Crippen molar-refractivity contribution in [2.45, 2.75) is 19.4 Å². The molecule has 2 aromatic carbocycles. The van der Waals surface area contributed by atoms with Gasteiger partial charge in [0.05, 0.1) is 11.0 Å². The monoisotopic (exact) mass is 392 g/mol. The van der Waals surface area contributed by atoms with Gasteiger partial charge >= 0.3 is 0 Å². The van der Waals surface area contributed by atoms with Crippen LogP contribution >= 0.6 is 15.9 Å². The second-order valence-electron chi connectivity index (χ2n) is 5.12. The Labute approximate surface area is 148 Å². The lowest BCUT2D eigenvalue weighted by Crippen LogP contribution is -2.32. The molecule has 6 nitrogen and oxygen atoms in total. The average Bonchev–Trinajstić information content (AvgIpc) is 2.59. The summed E-state index contributed by atoms with van der Waals surface area (Å²) in [5.74, 6) is 0.163. The van der Waals surface area contributed by atoms with Gasteiger partial charge in [-0.15, -0.1) is 0 Å². The maximum Gasteiger partial charge on any atom is 0.269 e. The van der Waals surface area contributed by atoms with Gasteiger partial charge in [-0.1, -0.05) is 35.0 Å². The summed E-state index contributed by atoms with van der Waals surface area (Å²) in [6.45, 7) is 1.84. The SMILES string of the molecule is CCC(NC(=O)COc1ccc([N+](=O)[O-])cc1)c1ccc(Br)cc1. The molecule has 1 unspecified atom stereocenters. The van der Waals surface area contributed by atoms with Gasteiger partial charge in [0.25, 0.3) is 11.6 Å². The Morgan fingerprint density at radius 1 is 1.21 bits per heavy atom. The molecule has 0 saturated carbocycles. The Hall–Kier alpha value is -2.41.